The molecule has 0 bridgehead atoms. The van der Waals surface area contributed by atoms with Crippen molar-refractivity contribution in [2.75, 3.05) is 26.2 Å². The van der Waals surface area contributed by atoms with Crippen molar-refractivity contribution in [2.45, 2.75) is 25.8 Å². The molecule has 1 fully saturated rings. The summed E-state index contributed by atoms with van der Waals surface area (Å²) < 4.78 is 10.3. The van der Waals surface area contributed by atoms with E-state index in [1.165, 1.54) is 19.1 Å². The average molecular weight is 303 g/mol. The number of rotatable bonds is 7. The average Bonchev–Trinajstić information content (AvgIpc) is 3.21. The van der Waals surface area contributed by atoms with Crippen molar-refractivity contribution < 1.29 is 13.9 Å². The Morgan fingerprint density at radius 2 is 2.36 bits per heavy atom. The fourth-order valence-electron chi connectivity index (χ4n) is 2.56. The predicted octanol–water partition coefficient (Wildman–Crippen LogP) is 2.19. The van der Waals surface area contributed by atoms with Gasteiger partial charge in [0.2, 0.25) is 0 Å². The number of nitrogens with zero attached hydrogens (tertiary/aromatic N) is 3. The molecule has 1 aromatic heterocycles. The summed E-state index contributed by atoms with van der Waals surface area (Å²) in [5.74, 6) is -0.635. The minimum absolute atomic E-state index is 0.0512. The lowest BCUT2D eigenvalue weighted by molar-refractivity contribution is -0.143. The molecular formula is C16H21N3O3. The second-order valence-corrected chi connectivity index (χ2v) is 5.15. The number of carbonyl (C=O) groups excluding carboxylic acids is 1. The lowest BCUT2D eigenvalue weighted by Gasteiger charge is -2.24. The van der Waals surface area contributed by atoms with Crippen LogP contribution in [0.3, 0.4) is 0 Å². The van der Waals surface area contributed by atoms with Crippen LogP contribution in [0.2, 0.25) is 0 Å². The van der Waals surface area contributed by atoms with Gasteiger partial charge in [0, 0.05) is 6.21 Å². The van der Waals surface area contributed by atoms with E-state index >= 15 is 0 Å². The summed E-state index contributed by atoms with van der Waals surface area (Å²) in [7, 11) is 0. The Kier molecular flexibility index (Phi) is 6.16. The fourth-order valence-corrected chi connectivity index (χ4v) is 2.56. The van der Waals surface area contributed by atoms with Gasteiger partial charge in [-0.15, -0.1) is 0 Å². The zero-order chi connectivity index (χ0) is 15.8. The molecule has 1 aliphatic rings. The van der Waals surface area contributed by atoms with Crippen molar-refractivity contribution in [3.63, 3.8) is 0 Å². The van der Waals surface area contributed by atoms with E-state index < -0.39 is 11.9 Å². The molecule has 0 amide bonds. The first kappa shape index (κ1) is 16.2. The van der Waals surface area contributed by atoms with Gasteiger partial charge in [-0.05, 0) is 45.0 Å². The number of nitriles is 1. The highest BCUT2D eigenvalue weighted by molar-refractivity contribution is 5.92. The van der Waals surface area contributed by atoms with Gasteiger partial charge in [-0.2, -0.15) is 5.26 Å². The first-order valence-corrected chi connectivity index (χ1v) is 7.60. The molecule has 6 nitrogen and oxygen atoms in total. The Morgan fingerprint density at radius 1 is 1.59 bits per heavy atom. The quantitative estimate of drug-likeness (QED) is 0.570. The van der Waals surface area contributed by atoms with Crippen molar-refractivity contribution >= 4 is 12.2 Å². The molecule has 0 spiro atoms. The minimum atomic E-state index is -0.948. The largest absolute Gasteiger partial charge is 0.468 e. The highest BCUT2D eigenvalue weighted by Crippen LogP contribution is 2.25. The van der Waals surface area contributed by atoms with Crippen LogP contribution in [0, 0.1) is 17.2 Å². The van der Waals surface area contributed by atoms with Gasteiger partial charge < -0.3 is 9.15 Å². The highest BCUT2D eigenvalue weighted by Gasteiger charge is 2.25. The van der Waals surface area contributed by atoms with E-state index in [9.17, 15) is 4.79 Å². The van der Waals surface area contributed by atoms with Gasteiger partial charge in [0.05, 0.1) is 31.5 Å². The molecule has 1 aromatic rings. The van der Waals surface area contributed by atoms with Crippen molar-refractivity contribution in [1.82, 2.24) is 4.90 Å². The summed E-state index contributed by atoms with van der Waals surface area (Å²) in [6.07, 6.45) is 5.37. The van der Waals surface area contributed by atoms with Gasteiger partial charge in [-0.1, -0.05) is 0 Å². The van der Waals surface area contributed by atoms with Crippen LogP contribution in [0.5, 0.6) is 0 Å². The summed E-state index contributed by atoms with van der Waals surface area (Å²) in [6.45, 7) is 4.46. The maximum absolute atomic E-state index is 11.6. The number of carbonyl (C=O) groups is 1. The summed E-state index contributed by atoms with van der Waals surface area (Å²) >= 11 is 0. The van der Waals surface area contributed by atoms with Gasteiger partial charge in [-0.3, -0.25) is 14.7 Å². The maximum Gasteiger partial charge on any atom is 0.328 e. The number of furan rings is 1. The standard InChI is InChI=1S/C16H21N3O3/c1-2-21-16(20)13(10-17)11-18-12-14(15-6-5-9-22-15)19-7-3-4-8-19/h5-6,9,11,13-14H,2-4,7-8,12H2,1H3/t13-,14-/m1/s1. The van der Waals surface area contributed by atoms with E-state index in [2.05, 4.69) is 9.89 Å². The molecule has 1 saturated heterocycles. The third kappa shape index (κ3) is 4.18. The van der Waals surface area contributed by atoms with E-state index in [1.807, 2.05) is 18.2 Å². The second kappa shape index (κ2) is 8.35. The summed E-state index contributed by atoms with van der Waals surface area (Å²) in [5.41, 5.74) is 0. The Labute approximate surface area is 130 Å². The number of hydrogen-bond acceptors (Lipinski definition) is 6. The molecule has 0 N–H and O–H groups in total. The Bertz CT molecular complexity index is 527. The lowest BCUT2D eigenvalue weighted by Crippen LogP contribution is -2.27. The monoisotopic (exact) mass is 303 g/mol. The first-order chi connectivity index (χ1) is 10.8. The highest BCUT2D eigenvalue weighted by atomic mass is 16.5. The first-order valence-electron chi connectivity index (χ1n) is 7.60. The van der Waals surface area contributed by atoms with Gasteiger partial charge in [-0.25, -0.2) is 0 Å². The smallest absolute Gasteiger partial charge is 0.328 e. The molecule has 0 unspecified atom stereocenters. The topological polar surface area (TPSA) is 78.8 Å². The summed E-state index contributed by atoms with van der Waals surface area (Å²) in [4.78, 5) is 18.2. The zero-order valence-corrected chi connectivity index (χ0v) is 12.8. The number of esters is 1. The summed E-state index contributed by atoms with van der Waals surface area (Å²) in [6, 6.07) is 5.75. The molecular weight excluding hydrogens is 282 g/mol. The predicted molar refractivity (Wildman–Crippen MR) is 81.4 cm³/mol. The van der Waals surface area contributed by atoms with Gasteiger partial charge in [0.25, 0.3) is 0 Å². The molecule has 0 aliphatic carbocycles. The molecule has 2 atom stereocenters. The molecule has 6 heteroatoms. The van der Waals surface area contributed by atoms with Crippen molar-refractivity contribution in [2.24, 2.45) is 10.9 Å². The van der Waals surface area contributed by atoms with E-state index in [1.54, 1.807) is 13.2 Å². The molecule has 118 valence electrons. The number of hydrogen-bond donors (Lipinski definition) is 0. The Morgan fingerprint density at radius 3 is 2.95 bits per heavy atom. The van der Waals surface area contributed by atoms with E-state index in [-0.39, 0.29) is 12.6 Å². The summed E-state index contributed by atoms with van der Waals surface area (Å²) in [5, 5.41) is 9.01. The maximum atomic E-state index is 11.6. The van der Waals surface area contributed by atoms with Gasteiger partial charge >= 0.3 is 5.97 Å². The van der Waals surface area contributed by atoms with Crippen LogP contribution in [-0.4, -0.2) is 43.3 Å². The Balaban J connectivity index is 2.00. The lowest BCUT2D eigenvalue weighted by atomic mass is 10.2. The Hall–Kier alpha value is -2.13. The van der Waals surface area contributed by atoms with E-state index in [0.29, 0.717) is 6.54 Å². The third-order valence-corrected chi connectivity index (χ3v) is 3.67. The molecule has 2 rings (SSSR count). The number of likely N-dealkylation sites (tertiary alicyclic amines) is 1. The molecule has 0 aromatic carbocycles. The van der Waals surface area contributed by atoms with Crippen molar-refractivity contribution in [3.05, 3.63) is 24.2 Å². The van der Waals surface area contributed by atoms with Crippen LogP contribution in [0.4, 0.5) is 0 Å². The van der Waals surface area contributed by atoms with Gasteiger partial charge in [0.15, 0.2) is 5.92 Å². The van der Waals surface area contributed by atoms with Crippen molar-refractivity contribution in [1.29, 1.82) is 5.26 Å². The zero-order valence-electron chi connectivity index (χ0n) is 12.8. The van der Waals surface area contributed by atoms with Crippen LogP contribution in [0.1, 0.15) is 31.6 Å². The van der Waals surface area contributed by atoms with Crippen molar-refractivity contribution in [3.8, 4) is 6.07 Å². The van der Waals surface area contributed by atoms with Crippen LogP contribution in [-0.2, 0) is 9.53 Å². The SMILES string of the molecule is CCOC(=O)[C@H](C#N)C=NC[C@H](c1ccco1)N1CCCC1. The third-order valence-electron chi connectivity index (χ3n) is 3.67. The normalized spacial score (nSPS) is 18.2. The van der Waals surface area contributed by atoms with Crippen LogP contribution < -0.4 is 0 Å². The van der Waals surface area contributed by atoms with Crippen LogP contribution >= 0.6 is 0 Å². The van der Waals surface area contributed by atoms with Crippen LogP contribution in [0.25, 0.3) is 0 Å². The molecule has 0 radical (unpaired) electrons. The minimum Gasteiger partial charge on any atom is -0.468 e. The van der Waals surface area contributed by atoms with E-state index in [4.69, 9.17) is 14.4 Å². The number of ether oxygens (including phenoxy) is 1. The molecule has 1 aliphatic heterocycles. The van der Waals surface area contributed by atoms with E-state index in [0.717, 1.165) is 18.8 Å². The van der Waals surface area contributed by atoms with Gasteiger partial charge in [0.1, 0.15) is 5.76 Å². The molecule has 22 heavy (non-hydrogen) atoms. The molecule has 2 heterocycles. The second-order valence-electron chi connectivity index (χ2n) is 5.15. The fraction of sp³-hybridized carbons (Fsp3) is 0.562. The molecule has 0 saturated carbocycles. The number of aliphatic imine (C=N–C) groups is 1. The van der Waals surface area contributed by atoms with Crippen LogP contribution in [0.15, 0.2) is 27.8 Å².